The Kier molecular flexibility index (Phi) is 4.47. The van der Waals surface area contributed by atoms with Crippen molar-refractivity contribution in [1.82, 2.24) is 34.6 Å². The molecule has 26 heavy (non-hydrogen) atoms. The highest BCUT2D eigenvalue weighted by Gasteiger charge is 2.34. The van der Waals surface area contributed by atoms with Gasteiger partial charge in [0.25, 0.3) is 0 Å². The van der Waals surface area contributed by atoms with E-state index in [-0.39, 0.29) is 11.9 Å². The zero-order chi connectivity index (χ0) is 17.9. The third-order valence-electron chi connectivity index (χ3n) is 4.86. The highest BCUT2D eigenvalue weighted by Crippen LogP contribution is 2.35. The lowest BCUT2D eigenvalue weighted by molar-refractivity contribution is -0.121. The summed E-state index contributed by atoms with van der Waals surface area (Å²) in [6.07, 6.45) is 11.0. The average molecular weight is 351 g/mol. The summed E-state index contributed by atoms with van der Waals surface area (Å²) in [4.78, 5) is 20.1. The lowest BCUT2D eigenvalue weighted by atomic mass is 9.79. The molecule has 0 aliphatic heterocycles. The van der Waals surface area contributed by atoms with E-state index in [2.05, 4.69) is 30.0 Å². The Morgan fingerprint density at radius 1 is 1.19 bits per heavy atom. The molecule has 4 rings (SSSR count). The number of hydrogen-bond donors (Lipinski definition) is 1. The minimum atomic E-state index is 0.0541. The molecule has 1 N–H and O–H groups in total. The summed E-state index contributed by atoms with van der Waals surface area (Å²) in [7, 11) is 2.00. The minimum absolute atomic E-state index is 0.0541. The minimum Gasteiger partial charge on any atom is -0.353 e. The summed E-state index contributed by atoms with van der Waals surface area (Å²) in [6.45, 7) is 0.655. The van der Waals surface area contributed by atoms with Crippen molar-refractivity contribution in [3.8, 4) is 0 Å². The van der Waals surface area contributed by atoms with Gasteiger partial charge in [-0.1, -0.05) is 0 Å². The van der Waals surface area contributed by atoms with Crippen molar-refractivity contribution >= 4 is 5.91 Å². The summed E-state index contributed by atoms with van der Waals surface area (Å²) < 4.78 is 4.02. The number of imidazole rings is 1. The van der Waals surface area contributed by atoms with E-state index in [1.165, 1.54) is 0 Å². The highest BCUT2D eigenvalue weighted by molar-refractivity contribution is 5.78. The molecule has 0 bridgehead atoms. The molecule has 0 spiro atoms. The van der Waals surface area contributed by atoms with Gasteiger partial charge in [0.2, 0.25) is 5.91 Å². The lowest BCUT2D eigenvalue weighted by Crippen LogP contribution is -2.44. The molecular weight excluding hydrogens is 330 g/mol. The van der Waals surface area contributed by atoms with E-state index < -0.39 is 0 Å². The third-order valence-corrected chi connectivity index (χ3v) is 4.86. The second-order valence-corrected chi connectivity index (χ2v) is 6.73. The number of nitrogens with one attached hydrogen (secondary N) is 1. The smallest absolute Gasteiger partial charge is 0.224 e. The molecule has 0 unspecified atom stereocenters. The molecule has 1 aliphatic rings. The first-order valence-corrected chi connectivity index (χ1v) is 8.71. The maximum Gasteiger partial charge on any atom is 0.224 e. The molecule has 0 saturated heterocycles. The van der Waals surface area contributed by atoms with Crippen molar-refractivity contribution in [3.05, 3.63) is 60.5 Å². The first kappa shape index (κ1) is 16.4. The summed E-state index contributed by atoms with van der Waals surface area (Å²) in [5, 5.41) is 11.8. The van der Waals surface area contributed by atoms with Crippen LogP contribution in [0.25, 0.3) is 0 Å². The molecular formula is C18H21N7O. The SMILES string of the molecule is Cn1c(Cn2ccnc2)nnc1C1CC(NC(=O)Cc2ccncc2)C1. The molecule has 0 radical (unpaired) electrons. The first-order chi connectivity index (χ1) is 12.7. The van der Waals surface area contributed by atoms with Crippen LogP contribution in [0.5, 0.6) is 0 Å². The van der Waals surface area contributed by atoms with Crippen molar-refractivity contribution in [2.75, 3.05) is 0 Å². The predicted molar refractivity (Wildman–Crippen MR) is 94.2 cm³/mol. The summed E-state index contributed by atoms with van der Waals surface area (Å²) in [5.74, 6) is 2.29. The van der Waals surface area contributed by atoms with Crippen LogP contribution in [0.15, 0.2) is 43.2 Å². The van der Waals surface area contributed by atoms with E-state index in [4.69, 9.17) is 0 Å². The molecule has 1 amide bonds. The van der Waals surface area contributed by atoms with Crippen LogP contribution in [0.4, 0.5) is 0 Å². The van der Waals surface area contributed by atoms with Crippen molar-refractivity contribution in [1.29, 1.82) is 0 Å². The zero-order valence-corrected chi connectivity index (χ0v) is 14.6. The Balaban J connectivity index is 1.29. The van der Waals surface area contributed by atoms with Crippen LogP contribution in [0.2, 0.25) is 0 Å². The number of rotatable bonds is 6. The van der Waals surface area contributed by atoms with Gasteiger partial charge in [0.1, 0.15) is 5.82 Å². The van der Waals surface area contributed by atoms with Crippen molar-refractivity contribution in [3.63, 3.8) is 0 Å². The van der Waals surface area contributed by atoms with Gasteiger partial charge in [0.15, 0.2) is 5.82 Å². The van der Waals surface area contributed by atoms with Crippen LogP contribution in [0.1, 0.15) is 36.0 Å². The van der Waals surface area contributed by atoms with Gasteiger partial charge in [-0.2, -0.15) is 0 Å². The van der Waals surface area contributed by atoms with Gasteiger partial charge in [-0.3, -0.25) is 9.78 Å². The number of hydrogen-bond acceptors (Lipinski definition) is 5. The number of carbonyl (C=O) groups is 1. The monoisotopic (exact) mass is 351 g/mol. The summed E-state index contributed by atoms with van der Waals surface area (Å²) in [5.41, 5.74) is 0.978. The van der Waals surface area contributed by atoms with E-state index in [1.54, 1.807) is 24.9 Å². The van der Waals surface area contributed by atoms with Crippen molar-refractivity contribution in [2.45, 2.75) is 37.8 Å². The molecule has 134 valence electrons. The lowest BCUT2D eigenvalue weighted by Gasteiger charge is -2.35. The van der Waals surface area contributed by atoms with E-state index in [0.717, 1.165) is 30.1 Å². The molecule has 8 heteroatoms. The van der Waals surface area contributed by atoms with Gasteiger partial charge in [0.05, 0.1) is 19.3 Å². The maximum absolute atomic E-state index is 12.1. The Labute approximate surface area is 151 Å². The van der Waals surface area contributed by atoms with Crippen LogP contribution in [-0.2, 0) is 24.8 Å². The van der Waals surface area contributed by atoms with Crippen LogP contribution in [0.3, 0.4) is 0 Å². The molecule has 0 aromatic carbocycles. The Bertz CT molecular complexity index is 866. The van der Waals surface area contributed by atoms with E-state index >= 15 is 0 Å². The van der Waals surface area contributed by atoms with Gasteiger partial charge < -0.3 is 14.5 Å². The van der Waals surface area contributed by atoms with E-state index in [9.17, 15) is 4.79 Å². The number of pyridine rings is 1. The molecule has 1 aliphatic carbocycles. The van der Waals surface area contributed by atoms with Gasteiger partial charge in [-0.15, -0.1) is 10.2 Å². The maximum atomic E-state index is 12.1. The number of nitrogens with zero attached hydrogens (tertiary/aromatic N) is 6. The number of amides is 1. The normalized spacial score (nSPS) is 19.1. The van der Waals surface area contributed by atoms with Crippen LogP contribution >= 0.6 is 0 Å². The van der Waals surface area contributed by atoms with Crippen LogP contribution < -0.4 is 5.32 Å². The van der Waals surface area contributed by atoms with E-state index in [0.29, 0.717) is 18.9 Å². The number of carbonyl (C=O) groups excluding carboxylic acids is 1. The summed E-state index contributed by atoms with van der Waals surface area (Å²) in [6, 6.07) is 3.94. The highest BCUT2D eigenvalue weighted by atomic mass is 16.1. The van der Waals surface area contributed by atoms with Crippen molar-refractivity contribution < 1.29 is 4.79 Å². The first-order valence-electron chi connectivity index (χ1n) is 8.71. The molecule has 1 saturated carbocycles. The Morgan fingerprint density at radius 3 is 2.73 bits per heavy atom. The molecule has 0 atom stereocenters. The van der Waals surface area contributed by atoms with Crippen LogP contribution in [0, 0.1) is 0 Å². The third kappa shape index (κ3) is 3.49. The average Bonchev–Trinajstić information content (AvgIpc) is 3.23. The fraction of sp³-hybridized carbons (Fsp3) is 0.389. The molecule has 1 fully saturated rings. The Morgan fingerprint density at radius 2 is 2.00 bits per heavy atom. The standard InChI is InChI=1S/C18H21N7O/c1-24-16(11-25-7-6-20-12-25)22-23-18(24)14-9-15(10-14)21-17(26)8-13-2-4-19-5-3-13/h2-7,12,14-15H,8-11H2,1H3,(H,21,26). The largest absolute Gasteiger partial charge is 0.353 e. The summed E-state index contributed by atoms with van der Waals surface area (Å²) >= 11 is 0. The van der Waals surface area contributed by atoms with Gasteiger partial charge in [-0.25, -0.2) is 4.98 Å². The fourth-order valence-corrected chi connectivity index (χ4v) is 3.32. The van der Waals surface area contributed by atoms with Gasteiger partial charge in [0, 0.05) is 43.8 Å². The molecule has 3 aromatic rings. The van der Waals surface area contributed by atoms with Crippen molar-refractivity contribution in [2.24, 2.45) is 7.05 Å². The number of aromatic nitrogens is 6. The van der Waals surface area contributed by atoms with Gasteiger partial charge in [-0.05, 0) is 30.5 Å². The predicted octanol–water partition coefficient (Wildman–Crippen LogP) is 1.06. The van der Waals surface area contributed by atoms with Crippen LogP contribution in [-0.4, -0.2) is 41.2 Å². The zero-order valence-electron chi connectivity index (χ0n) is 14.6. The molecule has 3 aromatic heterocycles. The quantitative estimate of drug-likeness (QED) is 0.717. The second kappa shape index (κ2) is 7.07. The molecule has 8 nitrogen and oxygen atoms in total. The van der Waals surface area contributed by atoms with Gasteiger partial charge >= 0.3 is 0 Å². The molecule has 3 heterocycles. The second-order valence-electron chi connectivity index (χ2n) is 6.73. The van der Waals surface area contributed by atoms with E-state index in [1.807, 2.05) is 29.9 Å². The Hall–Kier alpha value is -3.03. The topological polar surface area (TPSA) is 90.5 Å². The fourth-order valence-electron chi connectivity index (χ4n) is 3.32.